The quantitative estimate of drug-likeness (QED) is 0.889. The Morgan fingerprint density at radius 3 is 2.55 bits per heavy atom. The van der Waals surface area contributed by atoms with E-state index in [1.54, 1.807) is 12.1 Å². The number of alkyl halides is 3. The predicted octanol–water partition coefficient (Wildman–Crippen LogP) is 3.96. The number of thioether (sulfide) groups is 1. The van der Waals surface area contributed by atoms with Crippen molar-refractivity contribution in [3.8, 4) is 5.75 Å². The van der Waals surface area contributed by atoms with E-state index in [1.165, 1.54) is 37.1 Å². The van der Waals surface area contributed by atoms with Gasteiger partial charge in [0.1, 0.15) is 5.75 Å². The van der Waals surface area contributed by atoms with Crippen LogP contribution in [0.3, 0.4) is 0 Å². The second-order valence-corrected chi connectivity index (χ2v) is 6.22. The highest BCUT2D eigenvalue weighted by atomic mass is 32.2. The summed E-state index contributed by atoms with van der Waals surface area (Å²) in [5, 5.41) is 4.02. The van der Waals surface area contributed by atoms with Gasteiger partial charge in [-0.3, -0.25) is 0 Å². The summed E-state index contributed by atoms with van der Waals surface area (Å²) < 4.78 is 39.9. The molecule has 1 N–H and O–H groups in total. The molecule has 6 heteroatoms. The van der Waals surface area contributed by atoms with Crippen molar-refractivity contribution < 1.29 is 17.9 Å². The minimum atomic E-state index is -4.63. The maximum atomic E-state index is 12.0. The lowest BCUT2D eigenvalue weighted by Gasteiger charge is -2.21. The monoisotopic (exact) mass is 305 g/mol. The van der Waals surface area contributed by atoms with Crippen molar-refractivity contribution in [2.75, 3.05) is 12.3 Å². The molecule has 0 amide bonds. The van der Waals surface area contributed by atoms with Gasteiger partial charge in [0.15, 0.2) is 0 Å². The molecular formula is C14H18F3NOS. The molecule has 1 atom stereocenters. The molecular weight excluding hydrogens is 287 g/mol. The average Bonchev–Trinajstić information content (AvgIpc) is 2.40. The molecule has 112 valence electrons. The standard InChI is InChI=1S/C14H18F3NOS/c15-14(16,17)19-12-6-4-11(5-7-12)9-18-10-13-3-1-2-8-20-13/h4-7,13,18H,1-3,8-10H2. The Bertz CT molecular complexity index is 402. The van der Waals surface area contributed by atoms with Gasteiger partial charge < -0.3 is 10.1 Å². The minimum Gasteiger partial charge on any atom is -0.406 e. The summed E-state index contributed by atoms with van der Waals surface area (Å²) in [6.07, 6.45) is -0.779. The molecule has 1 aromatic rings. The molecule has 0 aromatic heterocycles. The number of rotatable bonds is 5. The molecule has 1 aliphatic rings. The van der Waals surface area contributed by atoms with Crippen LogP contribution < -0.4 is 10.1 Å². The van der Waals surface area contributed by atoms with Crippen molar-refractivity contribution in [3.63, 3.8) is 0 Å². The third-order valence-corrected chi connectivity index (χ3v) is 4.53. The van der Waals surface area contributed by atoms with Crippen LogP contribution in [0.2, 0.25) is 0 Å². The van der Waals surface area contributed by atoms with Crippen LogP contribution in [-0.2, 0) is 6.54 Å². The summed E-state index contributed by atoms with van der Waals surface area (Å²) >= 11 is 2.00. The smallest absolute Gasteiger partial charge is 0.406 e. The van der Waals surface area contributed by atoms with Gasteiger partial charge in [-0.25, -0.2) is 0 Å². The van der Waals surface area contributed by atoms with Gasteiger partial charge in [0, 0.05) is 18.3 Å². The Morgan fingerprint density at radius 2 is 1.95 bits per heavy atom. The maximum Gasteiger partial charge on any atom is 0.573 e. The second kappa shape index (κ2) is 7.22. The lowest BCUT2D eigenvalue weighted by molar-refractivity contribution is -0.274. The molecule has 1 unspecified atom stereocenters. The Kier molecular flexibility index (Phi) is 5.60. The third kappa shape index (κ3) is 5.63. The Hall–Kier alpha value is -0.880. The first-order valence-corrected chi connectivity index (χ1v) is 7.75. The number of benzene rings is 1. The fraction of sp³-hybridized carbons (Fsp3) is 0.571. The van der Waals surface area contributed by atoms with Crippen molar-refractivity contribution >= 4 is 11.8 Å². The Morgan fingerprint density at radius 1 is 1.20 bits per heavy atom. The topological polar surface area (TPSA) is 21.3 Å². The summed E-state index contributed by atoms with van der Waals surface area (Å²) in [5.74, 6) is 1.06. The number of hydrogen-bond acceptors (Lipinski definition) is 3. The maximum absolute atomic E-state index is 12.0. The van der Waals surface area contributed by atoms with E-state index < -0.39 is 6.36 Å². The van der Waals surface area contributed by atoms with Crippen LogP contribution in [0.1, 0.15) is 24.8 Å². The fourth-order valence-corrected chi connectivity index (χ4v) is 3.43. The minimum absolute atomic E-state index is 0.177. The summed E-state index contributed by atoms with van der Waals surface area (Å²) in [6, 6.07) is 6.00. The first-order valence-electron chi connectivity index (χ1n) is 6.70. The highest BCUT2D eigenvalue weighted by Gasteiger charge is 2.30. The van der Waals surface area contributed by atoms with E-state index in [4.69, 9.17) is 0 Å². The van der Waals surface area contributed by atoms with Crippen molar-refractivity contribution in [3.05, 3.63) is 29.8 Å². The van der Waals surface area contributed by atoms with Crippen LogP contribution in [0.4, 0.5) is 13.2 Å². The second-order valence-electron chi connectivity index (χ2n) is 4.81. The molecule has 1 aromatic carbocycles. The van der Waals surface area contributed by atoms with E-state index in [1.807, 2.05) is 11.8 Å². The Balaban J connectivity index is 1.73. The summed E-state index contributed by atoms with van der Waals surface area (Å²) in [7, 11) is 0. The molecule has 0 saturated carbocycles. The van der Waals surface area contributed by atoms with E-state index in [-0.39, 0.29) is 5.75 Å². The molecule has 2 rings (SSSR count). The highest BCUT2D eigenvalue weighted by molar-refractivity contribution is 7.99. The normalized spacial score (nSPS) is 19.9. The van der Waals surface area contributed by atoms with Crippen molar-refractivity contribution in [1.29, 1.82) is 0 Å². The van der Waals surface area contributed by atoms with Crippen LogP contribution in [0, 0.1) is 0 Å². The van der Waals surface area contributed by atoms with Gasteiger partial charge >= 0.3 is 6.36 Å². The van der Waals surface area contributed by atoms with Gasteiger partial charge in [-0.2, -0.15) is 11.8 Å². The van der Waals surface area contributed by atoms with E-state index >= 15 is 0 Å². The molecule has 0 spiro atoms. The van der Waals surface area contributed by atoms with Crippen LogP contribution >= 0.6 is 11.8 Å². The van der Waals surface area contributed by atoms with Gasteiger partial charge in [0.05, 0.1) is 0 Å². The highest BCUT2D eigenvalue weighted by Crippen LogP contribution is 2.25. The van der Waals surface area contributed by atoms with E-state index in [0.717, 1.165) is 12.1 Å². The molecule has 1 aliphatic heterocycles. The summed E-state index contributed by atoms with van der Waals surface area (Å²) in [5.41, 5.74) is 0.959. The van der Waals surface area contributed by atoms with Crippen molar-refractivity contribution in [2.45, 2.75) is 37.4 Å². The number of nitrogens with one attached hydrogen (secondary N) is 1. The van der Waals surface area contributed by atoms with Gasteiger partial charge in [-0.05, 0) is 36.3 Å². The Labute approximate surface area is 121 Å². The average molecular weight is 305 g/mol. The van der Waals surface area contributed by atoms with Crippen LogP contribution in [-0.4, -0.2) is 23.9 Å². The zero-order chi connectivity index (χ0) is 14.4. The molecule has 0 radical (unpaired) electrons. The summed E-state index contributed by atoms with van der Waals surface area (Å²) in [6.45, 7) is 1.62. The molecule has 1 fully saturated rings. The van der Waals surface area contributed by atoms with Gasteiger partial charge in [0.2, 0.25) is 0 Å². The largest absolute Gasteiger partial charge is 0.573 e. The van der Waals surface area contributed by atoms with Crippen molar-refractivity contribution in [2.24, 2.45) is 0 Å². The first-order chi connectivity index (χ1) is 9.53. The van der Waals surface area contributed by atoms with Crippen LogP contribution in [0.15, 0.2) is 24.3 Å². The lowest BCUT2D eigenvalue weighted by Crippen LogP contribution is -2.26. The van der Waals surface area contributed by atoms with E-state index in [2.05, 4.69) is 10.1 Å². The molecule has 1 saturated heterocycles. The number of halogens is 3. The van der Waals surface area contributed by atoms with E-state index in [9.17, 15) is 13.2 Å². The SMILES string of the molecule is FC(F)(F)Oc1ccc(CNCC2CCCCS2)cc1. The van der Waals surface area contributed by atoms with Crippen LogP contribution in [0.25, 0.3) is 0 Å². The molecule has 20 heavy (non-hydrogen) atoms. The van der Waals surface area contributed by atoms with Crippen LogP contribution in [0.5, 0.6) is 5.75 Å². The molecule has 1 heterocycles. The number of ether oxygens (including phenoxy) is 1. The predicted molar refractivity (Wildman–Crippen MR) is 74.9 cm³/mol. The number of hydrogen-bond donors (Lipinski definition) is 1. The molecule has 2 nitrogen and oxygen atoms in total. The lowest BCUT2D eigenvalue weighted by atomic mass is 10.2. The van der Waals surface area contributed by atoms with E-state index in [0.29, 0.717) is 11.8 Å². The third-order valence-electron chi connectivity index (χ3n) is 3.13. The first kappa shape index (κ1) is 15.5. The van der Waals surface area contributed by atoms with Gasteiger partial charge in [-0.1, -0.05) is 18.6 Å². The van der Waals surface area contributed by atoms with Gasteiger partial charge in [0.25, 0.3) is 0 Å². The summed E-state index contributed by atoms with van der Waals surface area (Å²) in [4.78, 5) is 0. The molecule has 0 aliphatic carbocycles. The van der Waals surface area contributed by atoms with Crippen molar-refractivity contribution in [1.82, 2.24) is 5.32 Å². The zero-order valence-corrected chi connectivity index (χ0v) is 11.9. The fourth-order valence-electron chi connectivity index (χ4n) is 2.15. The molecule has 0 bridgehead atoms. The zero-order valence-electron chi connectivity index (χ0n) is 11.1. The van der Waals surface area contributed by atoms with Gasteiger partial charge in [-0.15, -0.1) is 13.2 Å².